The smallest absolute Gasteiger partial charge is 0.273 e. The van der Waals surface area contributed by atoms with E-state index >= 15 is 0 Å². The number of sulfonamides is 1. The van der Waals surface area contributed by atoms with Crippen LogP contribution in [0.5, 0.6) is 0 Å². The maximum Gasteiger partial charge on any atom is 0.273 e. The van der Waals surface area contributed by atoms with Crippen molar-refractivity contribution in [3.05, 3.63) is 29.8 Å². The van der Waals surface area contributed by atoms with Crippen molar-refractivity contribution in [3.8, 4) is 11.4 Å². The van der Waals surface area contributed by atoms with Gasteiger partial charge in [-0.25, -0.2) is 22.3 Å². The van der Waals surface area contributed by atoms with Gasteiger partial charge in [0.1, 0.15) is 11.6 Å². The van der Waals surface area contributed by atoms with E-state index < -0.39 is 32.4 Å². The minimum atomic E-state index is -4.10. The fourth-order valence-corrected chi connectivity index (χ4v) is 2.11. The Morgan fingerprint density at radius 3 is 2.22 bits per heavy atom. The van der Waals surface area contributed by atoms with Crippen LogP contribution in [0.2, 0.25) is 0 Å². The molecule has 0 spiro atoms. The molecule has 9 heteroatoms. The third kappa shape index (κ3) is 1.97. The lowest BCUT2D eigenvalue weighted by Gasteiger charge is -2.04. The van der Waals surface area contributed by atoms with Crippen molar-refractivity contribution in [2.45, 2.75) is 5.16 Å². The molecule has 0 aliphatic rings. The number of nitrogens with two attached hydrogens (primary N) is 1. The molecule has 0 fully saturated rings. The molecule has 0 aliphatic heterocycles. The van der Waals surface area contributed by atoms with Crippen LogP contribution in [0.4, 0.5) is 8.78 Å². The second-order valence-electron chi connectivity index (χ2n) is 3.51. The number of nitrogens with zero attached hydrogens (tertiary/aromatic N) is 3. The molecule has 2 rings (SSSR count). The predicted molar refractivity (Wildman–Crippen MR) is 57.7 cm³/mol. The van der Waals surface area contributed by atoms with Gasteiger partial charge in [0.05, 0.1) is 5.56 Å². The van der Waals surface area contributed by atoms with Crippen LogP contribution in [0.3, 0.4) is 0 Å². The third-order valence-corrected chi connectivity index (χ3v) is 3.14. The first-order valence-corrected chi connectivity index (χ1v) is 6.23. The topological polar surface area (TPSA) is 90.9 Å². The Kier molecular flexibility index (Phi) is 2.87. The molecule has 18 heavy (non-hydrogen) atoms. The monoisotopic (exact) mass is 274 g/mol. The van der Waals surface area contributed by atoms with E-state index in [0.717, 1.165) is 16.7 Å². The van der Waals surface area contributed by atoms with E-state index in [1.807, 2.05) is 0 Å². The van der Waals surface area contributed by atoms with Crippen LogP contribution in [0.25, 0.3) is 11.4 Å². The second kappa shape index (κ2) is 4.10. The average Bonchev–Trinajstić information content (AvgIpc) is 2.60. The molecule has 0 aliphatic carbocycles. The Labute approximate surface area is 101 Å². The molecule has 1 aromatic carbocycles. The second-order valence-corrected chi connectivity index (χ2v) is 4.96. The van der Waals surface area contributed by atoms with Crippen molar-refractivity contribution in [1.82, 2.24) is 14.8 Å². The Morgan fingerprint density at radius 1 is 1.22 bits per heavy atom. The van der Waals surface area contributed by atoms with Crippen LogP contribution in [-0.2, 0) is 17.1 Å². The van der Waals surface area contributed by atoms with Gasteiger partial charge in [-0.1, -0.05) is 6.07 Å². The maximum absolute atomic E-state index is 13.5. The molecule has 6 nitrogen and oxygen atoms in total. The van der Waals surface area contributed by atoms with E-state index in [9.17, 15) is 17.2 Å². The molecule has 0 bridgehead atoms. The Morgan fingerprint density at radius 2 is 1.78 bits per heavy atom. The van der Waals surface area contributed by atoms with Gasteiger partial charge in [-0.2, -0.15) is 0 Å². The van der Waals surface area contributed by atoms with Gasteiger partial charge in [0, 0.05) is 7.05 Å². The molecule has 0 atom stereocenters. The van der Waals surface area contributed by atoms with Gasteiger partial charge in [-0.15, -0.1) is 10.2 Å². The van der Waals surface area contributed by atoms with E-state index in [4.69, 9.17) is 5.14 Å². The molecule has 2 aromatic rings. The molecular weight excluding hydrogens is 266 g/mol. The van der Waals surface area contributed by atoms with Crippen molar-refractivity contribution in [2.24, 2.45) is 12.2 Å². The van der Waals surface area contributed by atoms with Crippen molar-refractivity contribution >= 4 is 10.0 Å². The molecule has 0 radical (unpaired) electrons. The molecular formula is C9H8F2N4O2S. The Bertz CT molecular complexity index is 691. The molecule has 0 saturated carbocycles. The number of halogens is 2. The van der Waals surface area contributed by atoms with Gasteiger partial charge in [0.2, 0.25) is 0 Å². The Balaban J connectivity index is 2.71. The third-order valence-electron chi connectivity index (χ3n) is 2.28. The number of rotatable bonds is 2. The molecule has 1 aromatic heterocycles. The number of hydrogen-bond donors (Lipinski definition) is 1. The molecule has 96 valence electrons. The summed E-state index contributed by atoms with van der Waals surface area (Å²) in [6, 6.07) is 3.25. The first-order valence-electron chi connectivity index (χ1n) is 4.69. The highest BCUT2D eigenvalue weighted by molar-refractivity contribution is 7.89. The summed E-state index contributed by atoms with van der Waals surface area (Å²) in [6.45, 7) is 0. The fraction of sp³-hybridized carbons (Fsp3) is 0.111. The van der Waals surface area contributed by atoms with E-state index in [1.165, 1.54) is 13.1 Å². The zero-order chi connectivity index (χ0) is 13.5. The summed E-state index contributed by atoms with van der Waals surface area (Å²) >= 11 is 0. The summed E-state index contributed by atoms with van der Waals surface area (Å²) in [4.78, 5) is 0. The summed E-state index contributed by atoms with van der Waals surface area (Å²) in [5.74, 6) is -1.99. The van der Waals surface area contributed by atoms with Crippen LogP contribution in [-0.4, -0.2) is 23.2 Å². The van der Waals surface area contributed by atoms with Crippen LogP contribution in [0.1, 0.15) is 0 Å². The summed E-state index contributed by atoms with van der Waals surface area (Å²) < 4.78 is 50.2. The van der Waals surface area contributed by atoms with Gasteiger partial charge in [0.25, 0.3) is 15.2 Å². The predicted octanol–water partition coefficient (Wildman–Crippen LogP) is 0.408. The molecule has 2 N–H and O–H groups in total. The zero-order valence-electron chi connectivity index (χ0n) is 9.13. The van der Waals surface area contributed by atoms with Gasteiger partial charge in [-0.05, 0) is 12.1 Å². The first kappa shape index (κ1) is 12.6. The van der Waals surface area contributed by atoms with Crippen molar-refractivity contribution in [3.63, 3.8) is 0 Å². The van der Waals surface area contributed by atoms with Gasteiger partial charge in [-0.3, -0.25) is 4.57 Å². The van der Waals surface area contributed by atoms with E-state index in [1.54, 1.807) is 0 Å². The lowest BCUT2D eigenvalue weighted by molar-refractivity contribution is 0.575. The van der Waals surface area contributed by atoms with Crippen molar-refractivity contribution in [2.75, 3.05) is 0 Å². The first-order chi connectivity index (χ1) is 8.32. The minimum absolute atomic E-state index is 0.255. The zero-order valence-corrected chi connectivity index (χ0v) is 9.95. The fourth-order valence-electron chi connectivity index (χ4n) is 1.49. The summed E-state index contributed by atoms with van der Waals surface area (Å²) in [5, 5.41) is 11.1. The number of hydrogen-bond acceptors (Lipinski definition) is 4. The van der Waals surface area contributed by atoms with Gasteiger partial charge in [0.15, 0.2) is 5.82 Å². The highest BCUT2D eigenvalue weighted by Crippen LogP contribution is 2.24. The van der Waals surface area contributed by atoms with Crippen LogP contribution < -0.4 is 5.14 Å². The van der Waals surface area contributed by atoms with Crippen LogP contribution >= 0.6 is 0 Å². The summed E-state index contributed by atoms with van der Waals surface area (Å²) in [5.41, 5.74) is -0.456. The normalized spacial score (nSPS) is 11.8. The molecule has 0 amide bonds. The average molecular weight is 274 g/mol. The quantitative estimate of drug-likeness (QED) is 0.858. The molecule has 0 unspecified atom stereocenters. The molecule has 1 heterocycles. The van der Waals surface area contributed by atoms with E-state index in [0.29, 0.717) is 0 Å². The number of benzene rings is 1. The SMILES string of the molecule is Cn1c(-c2c(F)cccc2F)nnc1S(N)(=O)=O. The Hall–Kier alpha value is -1.87. The summed E-state index contributed by atoms with van der Waals surface area (Å²) in [6.07, 6.45) is 0. The number of aromatic nitrogens is 3. The lowest BCUT2D eigenvalue weighted by Crippen LogP contribution is -2.17. The van der Waals surface area contributed by atoms with E-state index in [2.05, 4.69) is 10.2 Å². The van der Waals surface area contributed by atoms with Crippen LogP contribution in [0, 0.1) is 11.6 Å². The van der Waals surface area contributed by atoms with Gasteiger partial charge >= 0.3 is 0 Å². The van der Waals surface area contributed by atoms with E-state index in [-0.39, 0.29) is 5.82 Å². The highest BCUT2D eigenvalue weighted by atomic mass is 32.2. The summed E-state index contributed by atoms with van der Waals surface area (Å²) in [7, 11) is -2.85. The highest BCUT2D eigenvalue weighted by Gasteiger charge is 2.23. The standard InChI is InChI=1S/C9H8F2N4O2S/c1-15-8(13-14-9(15)18(12,16)17)7-5(10)3-2-4-6(7)11/h2-4H,1H3,(H2,12,16,17). The van der Waals surface area contributed by atoms with Gasteiger partial charge < -0.3 is 0 Å². The van der Waals surface area contributed by atoms with Crippen molar-refractivity contribution in [1.29, 1.82) is 0 Å². The lowest BCUT2D eigenvalue weighted by atomic mass is 10.2. The van der Waals surface area contributed by atoms with Crippen molar-refractivity contribution < 1.29 is 17.2 Å². The number of primary sulfonamides is 1. The largest absolute Gasteiger partial charge is 0.300 e. The van der Waals surface area contributed by atoms with Crippen LogP contribution in [0.15, 0.2) is 23.4 Å². The minimum Gasteiger partial charge on any atom is -0.300 e. The molecule has 0 saturated heterocycles. The maximum atomic E-state index is 13.5.